The van der Waals surface area contributed by atoms with Gasteiger partial charge in [0.1, 0.15) is 5.82 Å². The normalized spacial score (nSPS) is 10.7. The Hall–Kier alpha value is -2.80. The van der Waals surface area contributed by atoms with Crippen LogP contribution in [0, 0.1) is 12.7 Å². The summed E-state index contributed by atoms with van der Waals surface area (Å²) in [6, 6.07) is 12.2. The molecule has 1 aromatic heterocycles. The summed E-state index contributed by atoms with van der Waals surface area (Å²) in [7, 11) is 0. The summed E-state index contributed by atoms with van der Waals surface area (Å²) in [6.45, 7) is 2.24. The van der Waals surface area contributed by atoms with E-state index in [-0.39, 0.29) is 23.9 Å². The second kappa shape index (κ2) is 8.73. The van der Waals surface area contributed by atoms with Gasteiger partial charge in [0.2, 0.25) is 5.91 Å². The third kappa shape index (κ3) is 5.10. The summed E-state index contributed by atoms with van der Waals surface area (Å²) in [5, 5.41) is 6.36. The molecule has 0 bridgehead atoms. The van der Waals surface area contributed by atoms with Gasteiger partial charge in [0, 0.05) is 31.5 Å². The molecular weight excluding hydrogens is 365 g/mol. The standard InChI is InChI=1S/C20H20FN3O2S/c1-13-6-7-14(12-15(13)21)20(26)23-11-10-22-18(25)8-9-19-24-16-4-2-3-5-17(16)27-19/h2-7,12H,8-11H2,1H3,(H,22,25)(H,23,26). The number of benzene rings is 2. The number of nitrogens with one attached hydrogen (secondary N) is 2. The average molecular weight is 385 g/mol. The molecule has 3 rings (SSSR count). The molecule has 2 N–H and O–H groups in total. The lowest BCUT2D eigenvalue weighted by atomic mass is 10.1. The van der Waals surface area contributed by atoms with Gasteiger partial charge in [-0.3, -0.25) is 9.59 Å². The highest BCUT2D eigenvalue weighted by Gasteiger charge is 2.09. The molecule has 3 aromatic rings. The number of halogens is 1. The number of hydrogen-bond acceptors (Lipinski definition) is 4. The number of hydrogen-bond donors (Lipinski definition) is 2. The van der Waals surface area contributed by atoms with Crippen molar-refractivity contribution >= 4 is 33.4 Å². The first kappa shape index (κ1) is 19.0. The topological polar surface area (TPSA) is 71.1 Å². The van der Waals surface area contributed by atoms with E-state index in [0.29, 0.717) is 24.9 Å². The van der Waals surface area contributed by atoms with Gasteiger partial charge in [-0.2, -0.15) is 0 Å². The second-order valence-corrected chi connectivity index (χ2v) is 7.26. The Balaban J connectivity index is 1.37. The van der Waals surface area contributed by atoms with Crippen molar-refractivity contribution < 1.29 is 14.0 Å². The molecule has 0 saturated heterocycles. The first-order valence-corrected chi connectivity index (χ1v) is 9.50. The Bertz CT molecular complexity index is 938. The van der Waals surface area contributed by atoms with Crippen LogP contribution < -0.4 is 10.6 Å². The molecule has 1 heterocycles. The maximum Gasteiger partial charge on any atom is 0.251 e. The van der Waals surface area contributed by atoms with E-state index >= 15 is 0 Å². The van der Waals surface area contributed by atoms with E-state index in [0.717, 1.165) is 15.2 Å². The molecule has 140 valence electrons. The Labute approximate surface area is 160 Å². The number of fused-ring (bicyclic) bond motifs is 1. The zero-order valence-corrected chi connectivity index (χ0v) is 15.7. The van der Waals surface area contributed by atoms with Crippen LogP contribution in [0.2, 0.25) is 0 Å². The lowest BCUT2D eigenvalue weighted by Gasteiger charge is -2.07. The van der Waals surface area contributed by atoms with E-state index in [9.17, 15) is 14.0 Å². The lowest BCUT2D eigenvalue weighted by Crippen LogP contribution is -2.34. The van der Waals surface area contributed by atoms with Gasteiger partial charge in [-0.05, 0) is 36.8 Å². The predicted octanol–water partition coefficient (Wildman–Crippen LogP) is 3.22. The third-order valence-electron chi connectivity index (χ3n) is 4.07. The summed E-state index contributed by atoms with van der Waals surface area (Å²) >= 11 is 1.59. The lowest BCUT2D eigenvalue weighted by molar-refractivity contribution is -0.121. The molecule has 0 aliphatic carbocycles. The highest BCUT2D eigenvalue weighted by atomic mass is 32.1. The maximum absolute atomic E-state index is 13.5. The van der Waals surface area contributed by atoms with Gasteiger partial charge in [-0.15, -0.1) is 11.3 Å². The highest BCUT2D eigenvalue weighted by molar-refractivity contribution is 7.18. The molecule has 2 amide bonds. The third-order valence-corrected chi connectivity index (χ3v) is 5.17. The minimum Gasteiger partial charge on any atom is -0.354 e. The zero-order valence-electron chi connectivity index (χ0n) is 14.9. The highest BCUT2D eigenvalue weighted by Crippen LogP contribution is 2.22. The summed E-state index contributed by atoms with van der Waals surface area (Å²) < 4.78 is 14.6. The van der Waals surface area contributed by atoms with Crippen LogP contribution in [0.3, 0.4) is 0 Å². The fourth-order valence-electron chi connectivity index (χ4n) is 2.55. The summed E-state index contributed by atoms with van der Waals surface area (Å²) in [6.07, 6.45) is 0.928. The van der Waals surface area contributed by atoms with Crippen molar-refractivity contribution in [3.05, 3.63) is 64.4 Å². The SMILES string of the molecule is Cc1ccc(C(=O)NCCNC(=O)CCc2nc3ccccc3s2)cc1F. The van der Waals surface area contributed by atoms with Crippen LogP contribution in [0.5, 0.6) is 0 Å². The number of rotatable bonds is 7. The molecule has 7 heteroatoms. The van der Waals surface area contributed by atoms with Gasteiger partial charge in [0.05, 0.1) is 15.2 Å². The molecule has 0 aliphatic heterocycles. The van der Waals surface area contributed by atoms with E-state index < -0.39 is 5.82 Å². The van der Waals surface area contributed by atoms with Crippen molar-refractivity contribution in [2.24, 2.45) is 0 Å². The quantitative estimate of drug-likeness (QED) is 0.614. The van der Waals surface area contributed by atoms with E-state index in [1.807, 2.05) is 24.3 Å². The minimum absolute atomic E-state index is 0.0927. The first-order chi connectivity index (χ1) is 13.0. The number of carbonyl (C=O) groups excluding carboxylic acids is 2. The van der Waals surface area contributed by atoms with Gasteiger partial charge in [-0.25, -0.2) is 9.37 Å². The van der Waals surface area contributed by atoms with E-state index in [1.54, 1.807) is 30.4 Å². The van der Waals surface area contributed by atoms with Crippen molar-refractivity contribution in [3.63, 3.8) is 0 Å². The van der Waals surface area contributed by atoms with Crippen LogP contribution in [0.15, 0.2) is 42.5 Å². The summed E-state index contributed by atoms with van der Waals surface area (Å²) in [5.41, 5.74) is 1.71. The van der Waals surface area contributed by atoms with E-state index in [4.69, 9.17) is 0 Å². The van der Waals surface area contributed by atoms with Crippen LogP contribution in [-0.4, -0.2) is 29.9 Å². The number of aromatic nitrogens is 1. The molecule has 0 radical (unpaired) electrons. The van der Waals surface area contributed by atoms with Crippen molar-refractivity contribution in [2.75, 3.05) is 13.1 Å². The number of nitrogens with zero attached hydrogens (tertiary/aromatic N) is 1. The van der Waals surface area contributed by atoms with Crippen LogP contribution >= 0.6 is 11.3 Å². The van der Waals surface area contributed by atoms with Gasteiger partial charge >= 0.3 is 0 Å². The Morgan fingerprint density at radius 3 is 2.67 bits per heavy atom. The van der Waals surface area contributed by atoms with Crippen molar-refractivity contribution in [3.8, 4) is 0 Å². The monoisotopic (exact) mass is 385 g/mol. The van der Waals surface area contributed by atoms with E-state index in [1.165, 1.54) is 6.07 Å². The van der Waals surface area contributed by atoms with Crippen molar-refractivity contribution in [2.45, 2.75) is 19.8 Å². The van der Waals surface area contributed by atoms with Gasteiger partial charge < -0.3 is 10.6 Å². The van der Waals surface area contributed by atoms with Crippen LogP contribution in [0.25, 0.3) is 10.2 Å². The number of amides is 2. The summed E-state index contributed by atoms with van der Waals surface area (Å²) in [4.78, 5) is 28.4. The predicted molar refractivity (Wildman–Crippen MR) is 104 cm³/mol. The molecule has 0 atom stereocenters. The molecule has 0 spiro atoms. The van der Waals surface area contributed by atoms with Crippen LogP contribution in [-0.2, 0) is 11.2 Å². The van der Waals surface area contributed by atoms with Gasteiger partial charge in [0.25, 0.3) is 5.91 Å². The van der Waals surface area contributed by atoms with Crippen LogP contribution in [0.1, 0.15) is 27.3 Å². The van der Waals surface area contributed by atoms with Gasteiger partial charge in [-0.1, -0.05) is 18.2 Å². The molecule has 0 saturated carbocycles. The Kier molecular flexibility index (Phi) is 6.13. The largest absolute Gasteiger partial charge is 0.354 e. The van der Waals surface area contributed by atoms with Crippen molar-refractivity contribution in [1.29, 1.82) is 0 Å². The fourth-order valence-corrected chi connectivity index (χ4v) is 3.52. The molecular formula is C20H20FN3O2S. The fraction of sp³-hybridized carbons (Fsp3) is 0.250. The molecule has 0 unspecified atom stereocenters. The van der Waals surface area contributed by atoms with E-state index in [2.05, 4.69) is 15.6 Å². The Morgan fingerprint density at radius 2 is 1.89 bits per heavy atom. The summed E-state index contributed by atoms with van der Waals surface area (Å²) in [5.74, 6) is -0.867. The number of carbonyl (C=O) groups is 2. The molecule has 27 heavy (non-hydrogen) atoms. The zero-order chi connectivity index (χ0) is 19.2. The smallest absolute Gasteiger partial charge is 0.251 e. The molecule has 0 aliphatic rings. The second-order valence-electron chi connectivity index (χ2n) is 6.15. The molecule has 2 aromatic carbocycles. The molecule has 0 fully saturated rings. The minimum atomic E-state index is -0.411. The number of aryl methyl sites for hydroxylation is 2. The maximum atomic E-state index is 13.5. The average Bonchev–Trinajstić information content (AvgIpc) is 3.08. The Morgan fingerprint density at radius 1 is 1.11 bits per heavy atom. The molecule has 5 nitrogen and oxygen atoms in total. The van der Waals surface area contributed by atoms with Crippen molar-refractivity contribution in [1.82, 2.24) is 15.6 Å². The number of para-hydroxylation sites is 1. The first-order valence-electron chi connectivity index (χ1n) is 8.68. The number of thiazole rings is 1. The van der Waals surface area contributed by atoms with Crippen LogP contribution in [0.4, 0.5) is 4.39 Å². The van der Waals surface area contributed by atoms with Gasteiger partial charge in [0.15, 0.2) is 0 Å².